The fourth-order valence-corrected chi connectivity index (χ4v) is 1.16. The molecule has 0 amide bonds. The molecule has 0 saturated heterocycles. The van der Waals surface area contributed by atoms with Crippen LogP contribution in [0.5, 0.6) is 11.6 Å². The highest BCUT2D eigenvalue weighted by Gasteiger charge is 2.25. The minimum Gasteiger partial charge on any atom is -0.485 e. The van der Waals surface area contributed by atoms with Gasteiger partial charge in [-0.2, -0.15) is 0 Å². The van der Waals surface area contributed by atoms with Crippen LogP contribution >= 0.6 is 11.6 Å². The van der Waals surface area contributed by atoms with Gasteiger partial charge in [0.1, 0.15) is 0 Å². The summed E-state index contributed by atoms with van der Waals surface area (Å²) in [7, 11) is 1.57. The second-order valence-corrected chi connectivity index (χ2v) is 3.41. The van der Waals surface area contributed by atoms with Crippen molar-refractivity contribution in [3.05, 3.63) is 17.3 Å². The van der Waals surface area contributed by atoms with E-state index in [1.807, 2.05) is 0 Å². The number of aromatic nitrogens is 1. The third kappa shape index (κ3) is 2.04. The molecule has 1 heterocycles. The largest absolute Gasteiger partial charge is 0.485 e. The van der Waals surface area contributed by atoms with Crippen LogP contribution in [0.1, 0.15) is 12.8 Å². The minimum atomic E-state index is 0.328. The van der Waals surface area contributed by atoms with Crippen LogP contribution in [0.4, 0.5) is 0 Å². The Morgan fingerprint density at radius 2 is 2.31 bits per heavy atom. The molecule has 0 aromatic carbocycles. The molecule has 0 N–H and O–H groups in total. The summed E-state index contributed by atoms with van der Waals surface area (Å²) in [4.78, 5) is 4.00. The lowest BCUT2D eigenvalue weighted by molar-refractivity contribution is 0.277. The molecule has 3 nitrogen and oxygen atoms in total. The Hall–Kier alpha value is -0.960. The quantitative estimate of drug-likeness (QED) is 0.749. The molecule has 2 rings (SSSR count). The highest BCUT2D eigenvalue weighted by atomic mass is 35.5. The molecule has 1 fully saturated rings. The van der Waals surface area contributed by atoms with Crippen LogP contribution in [0.3, 0.4) is 0 Å². The first-order valence-corrected chi connectivity index (χ1v) is 4.53. The lowest BCUT2D eigenvalue weighted by Gasteiger charge is -2.08. The number of hydrogen-bond donors (Lipinski definition) is 0. The molecular formula is C9H10ClNO2. The standard InChI is InChI=1S/C9H10ClNO2/c1-12-9-8(13-7-2-3-7)4-6(10)5-11-9/h4-5,7H,2-3H2,1H3. The van der Waals surface area contributed by atoms with Gasteiger partial charge < -0.3 is 9.47 Å². The first-order chi connectivity index (χ1) is 6.29. The maximum absolute atomic E-state index is 5.78. The Balaban J connectivity index is 2.22. The van der Waals surface area contributed by atoms with Crippen molar-refractivity contribution in [3.63, 3.8) is 0 Å². The van der Waals surface area contributed by atoms with E-state index in [0.717, 1.165) is 12.8 Å². The molecule has 0 spiro atoms. The maximum atomic E-state index is 5.78. The fourth-order valence-electron chi connectivity index (χ4n) is 1.01. The molecule has 0 radical (unpaired) electrons. The first-order valence-electron chi connectivity index (χ1n) is 4.16. The van der Waals surface area contributed by atoms with E-state index >= 15 is 0 Å². The van der Waals surface area contributed by atoms with Gasteiger partial charge in [0.25, 0.3) is 5.88 Å². The number of hydrogen-bond acceptors (Lipinski definition) is 3. The summed E-state index contributed by atoms with van der Waals surface area (Å²) >= 11 is 5.78. The number of pyridine rings is 1. The molecule has 0 bridgehead atoms. The molecule has 0 atom stereocenters. The van der Waals surface area contributed by atoms with Gasteiger partial charge in [-0.05, 0) is 12.8 Å². The number of halogens is 1. The van der Waals surface area contributed by atoms with Crippen molar-refractivity contribution in [3.8, 4) is 11.6 Å². The molecule has 4 heteroatoms. The number of methoxy groups -OCH3 is 1. The van der Waals surface area contributed by atoms with Crippen LogP contribution in [0.25, 0.3) is 0 Å². The van der Waals surface area contributed by atoms with E-state index in [4.69, 9.17) is 21.1 Å². The van der Waals surface area contributed by atoms with Crippen LogP contribution in [-0.2, 0) is 0 Å². The van der Waals surface area contributed by atoms with Gasteiger partial charge in [-0.1, -0.05) is 11.6 Å². The van der Waals surface area contributed by atoms with E-state index in [1.165, 1.54) is 0 Å². The van der Waals surface area contributed by atoms with Crippen LogP contribution in [-0.4, -0.2) is 18.2 Å². The molecule has 70 valence electrons. The van der Waals surface area contributed by atoms with E-state index in [-0.39, 0.29) is 0 Å². The van der Waals surface area contributed by atoms with E-state index in [9.17, 15) is 0 Å². The fraction of sp³-hybridized carbons (Fsp3) is 0.444. The Kier molecular flexibility index (Phi) is 2.27. The second kappa shape index (κ2) is 3.42. The van der Waals surface area contributed by atoms with Crippen LogP contribution in [0, 0.1) is 0 Å². The smallest absolute Gasteiger partial charge is 0.256 e. The SMILES string of the molecule is COc1ncc(Cl)cc1OC1CC1. The van der Waals surface area contributed by atoms with Gasteiger partial charge in [0, 0.05) is 12.3 Å². The lowest BCUT2D eigenvalue weighted by atomic mass is 10.4. The van der Waals surface area contributed by atoms with Crippen molar-refractivity contribution < 1.29 is 9.47 Å². The number of nitrogens with zero attached hydrogens (tertiary/aromatic N) is 1. The predicted octanol–water partition coefficient (Wildman–Crippen LogP) is 2.28. The summed E-state index contributed by atoms with van der Waals surface area (Å²) in [6.07, 6.45) is 4.08. The molecule has 1 saturated carbocycles. The van der Waals surface area contributed by atoms with Gasteiger partial charge in [-0.25, -0.2) is 4.98 Å². The Labute approximate surface area is 81.6 Å². The molecule has 13 heavy (non-hydrogen) atoms. The lowest BCUT2D eigenvalue weighted by Crippen LogP contribution is -1.99. The van der Waals surface area contributed by atoms with Gasteiger partial charge in [-0.15, -0.1) is 0 Å². The van der Waals surface area contributed by atoms with E-state index in [2.05, 4.69) is 4.98 Å². The molecule has 1 aliphatic carbocycles. The van der Waals surface area contributed by atoms with Gasteiger partial charge in [0.2, 0.25) is 0 Å². The number of ether oxygens (including phenoxy) is 2. The zero-order chi connectivity index (χ0) is 9.26. The van der Waals surface area contributed by atoms with E-state index < -0.39 is 0 Å². The molecule has 1 aromatic rings. The summed E-state index contributed by atoms with van der Waals surface area (Å²) in [6.45, 7) is 0. The van der Waals surface area contributed by atoms with Crippen molar-refractivity contribution >= 4 is 11.6 Å². The van der Waals surface area contributed by atoms with Crippen molar-refractivity contribution in [2.75, 3.05) is 7.11 Å². The van der Waals surface area contributed by atoms with E-state index in [0.29, 0.717) is 22.8 Å². The minimum absolute atomic E-state index is 0.328. The average molecular weight is 200 g/mol. The normalized spacial score (nSPS) is 15.5. The third-order valence-corrected chi connectivity index (χ3v) is 2.00. The highest BCUT2D eigenvalue weighted by molar-refractivity contribution is 6.30. The third-order valence-electron chi connectivity index (χ3n) is 1.80. The zero-order valence-corrected chi connectivity index (χ0v) is 8.04. The molecule has 1 aromatic heterocycles. The van der Waals surface area contributed by atoms with Crippen molar-refractivity contribution in [1.82, 2.24) is 4.98 Å². The van der Waals surface area contributed by atoms with Crippen LogP contribution in [0.15, 0.2) is 12.3 Å². The maximum Gasteiger partial charge on any atom is 0.256 e. The van der Waals surface area contributed by atoms with Crippen LogP contribution < -0.4 is 9.47 Å². The highest BCUT2D eigenvalue weighted by Crippen LogP contribution is 2.33. The number of rotatable bonds is 3. The van der Waals surface area contributed by atoms with Gasteiger partial charge in [0.05, 0.1) is 18.2 Å². The van der Waals surface area contributed by atoms with Crippen molar-refractivity contribution in [1.29, 1.82) is 0 Å². The predicted molar refractivity (Wildman–Crippen MR) is 49.4 cm³/mol. The van der Waals surface area contributed by atoms with Crippen LogP contribution in [0.2, 0.25) is 5.02 Å². The first kappa shape index (κ1) is 8.63. The molecule has 1 aliphatic rings. The van der Waals surface area contributed by atoms with Crippen molar-refractivity contribution in [2.24, 2.45) is 0 Å². The van der Waals surface area contributed by atoms with Gasteiger partial charge in [0.15, 0.2) is 5.75 Å². The summed E-state index contributed by atoms with van der Waals surface area (Å²) in [6, 6.07) is 1.73. The molecule has 0 unspecified atom stereocenters. The van der Waals surface area contributed by atoms with Gasteiger partial charge >= 0.3 is 0 Å². The average Bonchev–Trinajstić information content (AvgIpc) is 2.89. The summed E-state index contributed by atoms with van der Waals surface area (Å²) in [5.41, 5.74) is 0. The molecule has 0 aliphatic heterocycles. The Morgan fingerprint density at radius 1 is 1.54 bits per heavy atom. The van der Waals surface area contributed by atoms with Crippen molar-refractivity contribution in [2.45, 2.75) is 18.9 Å². The zero-order valence-electron chi connectivity index (χ0n) is 7.29. The Morgan fingerprint density at radius 3 is 2.92 bits per heavy atom. The summed E-state index contributed by atoms with van der Waals surface area (Å²) < 4.78 is 10.6. The second-order valence-electron chi connectivity index (χ2n) is 2.98. The monoisotopic (exact) mass is 199 g/mol. The summed E-state index contributed by atoms with van der Waals surface area (Å²) in [5.74, 6) is 1.13. The Bertz CT molecular complexity index is 312. The van der Waals surface area contributed by atoms with Gasteiger partial charge in [-0.3, -0.25) is 0 Å². The summed E-state index contributed by atoms with van der Waals surface area (Å²) in [5, 5.41) is 0.566. The molecular weight excluding hydrogens is 190 g/mol. The van der Waals surface area contributed by atoms with E-state index in [1.54, 1.807) is 19.4 Å². The topological polar surface area (TPSA) is 31.4 Å².